The molecule has 1 aromatic heterocycles. The number of aromatic nitrogens is 1. The summed E-state index contributed by atoms with van der Waals surface area (Å²) in [6, 6.07) is 12.7. The molecule has 0 N–H and O–H groups in total. The fourth-order valence-electron chi connectivity index (χ4n) is 2.37. The van der Waals surface area contributed by atoms with Crippen molar-refractivity contribution in [2.24, 2.45) is 0 Å². The lowest BCUT2D eigenvalue weighted by molar-refractivity contribution is -0.254. The normalized spacial score (nSPS) is 11.0. The van der Waals surface area contributed by atoms with Gasteiger partial charge in [0.1, 0.15) is 0 Å². The van der Waals surface area contributed by atoms with Crippen LogP contribution in [0, 0.1) is 0 Å². The molecule has 3 aromatic rings. The molecule has 0 aliphatic rings. The smallest absolute Gasteiger partial charge is 0.0736 e. The fourth-order valence-corrected chi connectivity index (χ4v) is 2.70. The number of rotatable bonds is 3. The summed E-state index contributed by atoms with van der Waals surface area (Å²) in [5, 5.41) is 12.9. The summed E-state index contributed by atoms with van der Waals surface area (Å²) in [6.45, 7) is 0.505. The highest BCUT2D eigenvalue weighted by molar-refractivity contribution is 6.42. The van der Waals surface area contributed by atoms with Gasteiger partial charge in [-0.1, -0.05) is 47.5 Å². The summed E-state index contributed by atoms with van der Waals surface area (Å²) in [5.74, 6) is -1.18. The van der Waals surface area contributed by atoms with Crippen molar-refractivity contribution in [1.29, 1.82) is 0 Å². The Balaban J connectivity index is 2.08. The Morgan fingerprint density at radius 2 is 1.86 bits per heavy atom. The molecule has 106 valence electrons. The molecule has 3 nitrogen and oxygen atoms in total. The summed E-state index contributed by atoms with van der Waals surface area (Å²) < 4.78 is 1.86. The predicted molar refractivity (Wildman–Crippen MR) is 81.8 cm³/mol. The molecule has 0 atom stereocenters. The number of aromatic carboxylic acids is 1. The first kappa shape index (κ1) is 14.0. The van der Waals surface area contributed by atoms with Gasteiger partial charge in [0.25, 0.3) is 0 Å². The van der Waals surface area contributed by atoms with Crippen LogP contribution in [0.15, 0.2) is 48.7 Å². The molecular weight excluding hydrogens is 309 g/mol. The first-order valence-corrected chi connectivity index (χ1v) is 7.05. The summed E-state index contributed by atoms with van der Waals surface area (Å²) >= 11 is 11.9. The van der Waals surface area contributed by atoms with Gasteiger partial charge in [-0.15, -0.1) is 0 Å². The Morgan fingerprint density at radius 3 is 2.57 bits per heavy atom. The maximum atomic E-state index is 11.2. The van der Waals surface area contributed by atoms with Crippen LogP contribution in [-0.4, -0.2) is 10.5 Å². The van der Waals surface area contributed by atoms with Crippen molar-refractivity contribution in [2.45, 2.75) is 6.54 Å². The van der Waals surface area contributed by atoms with Gasteiger partial charge in [0.15, 0.2) is 0 Å². The summed E-state index contributed by atoms with van der Waals surface area (Å²) in [4.78, 5) is 11.2. The number of halogens is 2. The average Bonchev–Trinajstić information content (AvgIpc) is 2.82. The molecular formula is C16H10Cl2NO2-. The zero-order valence-corrected chi connectivity index (χ0v) is 12.4. The van der Waals surface area contributed by atoms with E-state index in [1.807, 2.05) is 22.8 Å². The average molecular weight is 319 g/mol. The van der Waals surface area contributed by atoms with E-state index in [0.717, 1.165) is 11.1 Å². The zero-order valence-electron chi connectivity index (χ0n) is 10.8. The number of carbonyl (C=O) groups is 1. The first-order chi connectivity index (χ1) is 10.1. The Hall–Kier alpha value is -1.97. The van der Waals surface area contributed by atoms with E-state index in [4.69, 9.17) is 23.2 Å². The SMILES string of the molecule is O=C([O-])c1cn(Cc2ccc(Cl)c(Cl)c2)c2ccccc12. The van der Waals surface area contributed by atoms with Gasteiger partial charge >= 0.3 is 0 Å². The molecule has 2 aromatic carbocycles. The van der Waals surface area contributed by atoms with Crippen LogP contribution in [0.2, 0.25) is 10.0 Å². The molecule has 0 saturated heterocycles. The molecule has 0 radical (unpaired) electrons. The quantitative estimate of drug-likeness (QED) is 0.743. The van der Waals surface area contributed by atoms with E-state index in [0.29, 0.717) is 22.0 Å². The van der Waals surface area contributed by atoms with Crippen molar-refractivity contribution in [3.63, 3.8) is 0 Å². The highest BCUT2D eigenvalue weighted by Gasteiger charge is 2.09. The molecule has 0 amide bonds. The lowest BCUT2D eigenvalue weighted by Crippen LogP contribution is -2.21. The fraction of sp³-hybridized carbons (Fsp3) is 0.0625. The second-order valence-corrected chi connectivity index (χ2v) is 5.54. The van der Waals surface area contributed by atoms with E-state index in [9.17, 15) is 9.90 Å². The van der Waals surface area contributed by atoms with Crippen LogP contribution in [-0.2, 0) is 6.54 Å². The highest BCUT2D eigenvalue weighted by atomic mass is 35.5. The minimum Gasteiger partial charge on any atom is -0.545 e. The van der Waals surface area contributed by atoms with E-state index in [2.05, 4.69) is 0 Å². The van der Waals surface area contributed by atoms with Crippen molar-refractivity contribution < 1.29 is 9.90 Å². The topological polar surface area (TPSA) is 45.1 Å². The maximum absolute atomic E-state index is 11.2. The zero-order chi connectivity index (χ0) is 15.0. The molecule has 0 aliphatic heterocycles. The number of hydrogen-bond donors (Lipinski definition) is 0. The number of carbonyl (C=O) groups excluding carboxylic acids is 1. The van der Waals surface area contributed by atoms with Gasteiger partial charge < -0.3 is 14.5 Å². The number of fused-ring (bicyclic) bond motifs is 1. The van der Waals surface area contributed by atoms with Crippen molar-refractivity contribution in [1.82, 2.24) is 4.57 Å². The second kappa shape index (κ2) is 5.43. The van der Waals surface area contributed by atoms with Crippen molar-refractivity contribution >= 4 is 40.1 Å². The van der Waals surface area contributed by atoms with Crippen LogP contribution in [0.1, 0.15) is 15.9 Å². The van der Waals surface area contributed by atoms with E-state index in [-0.39, 0.29) is 5.56 Å². The number of nitrogens with zero attached hydrogens (tertiary/aromatic N) is 1. The van der Waals surface area contributed by atoms with E-state index in [1.54, 1.807) is 30.5 Å². The van der Waals surface area contributed by atoms with Gasteiger partial charge in [0.05, 0.1) is 16.0 Å². The Bertz CT molecular complexity index is 839. The standard InChI is InChI=1S/C16H11Cl2NO2/c17-13-6-5-10(7-14(13)18)8-19-9-12(16(20)21)11-3-1-2-4-15(11)19/h1-7,9H,8H2,(H,20,21)/p-1. The van der Waals surface area contributed by atoms with Crippen molar-refractivity contribution in [2.75, 3.05) is 0 Å². The molecule has 1 heterocycles. The van der Waals surface area contributed by atoms with Crippen LogP contribution in [0.3, 0.4) is 0 Å². The lowest BCUT2D eigenvalue weighted by Gasteiger charge is -2.06. The number of carboxylic acids is 1. The van der Waals surface area contributed by atoms with Crippen molar-refractivity contribution in [3.05, 3.63) is 69.8 Å². The third-order valence-corrected chi connectivity index (χ3v) is 4.08. The summed E-state index contributed by atoms with van der Waals surface area (Å²) in [6.07, 6.45) is 1.59. The lowest BCUT2D eigenvalue weighted by atomic mass is 10.2. The molecule has 21 heavy (non-hydrogen) atoms. The van der Waals surface area contributed by atoms with Gasteiger partial charge in [-0.05, 0) is 23.8 Å². The molecule has 0 aliphatic carbocycles. The third-order valence-electron chi connectivity index (χ3n) is 3.35. The van der Waals surface area contributed by atoms with Gasteiger partial charge in [-0.25, -0.2) is 0 Å². The number of carboxylic acid groups (broad SMARTS) is 1. The van der Waals surface area contributed by atoms with E-state index < -0.39 is 5.97 Å². The molecule has 0 fully saturated rings. The Morgan fingerprint density at radius 1 is 1.10 bits per heavy atom. The molecule has 0 spiro atoms. The highest BCUT2D eigenvalue weighted by Crippen LogP contribution is 2.25. The van der Waals surface area contributed by atoms with Gasteiger partial charge in [0.2, 0.25) is 0 Å². The first-order valence-electron chi connectivity index (χ1n) is 6.29. The van der Waals surface area contributed by atoms with Gasteiger partial charge in [-0.3, -0.25) is 0 Å². The van der Waals surface area contributed by atoms with E-state index >= 15 is 0 Å². The van der Waals surface area contributed by atoms with E-state index in [1.165, 1.54) is 0 Å². The molecule has 0 saturated carbocycles. The molecule has 3 rings (SSSR count). The second-order valence-electron chi connectivity index (χ2n) is 4.72. The predicted octanol–water partition coefficient (Wildman–Crippen LogP) is 3.36. The number of para-hydroxylation sites is 1. The van der Waals surface area contributed by atoms with Crippen LogP contribution in [0.25, 0.3) is 10.9 Å². The van der Waals surface area contributed by atoms with Crippen LogP contribution >= 0.6 is 23.2 Å². The maximum Gasteiger partial charge on any atom is 0.0736 e. The largest absolute Gasteiger partial charge is 0.545 e. The minimum absolute atomic E-state index is 0.186. The Labute approximate surface area is 131 Å². The number of benzene rings is 2. The minimum atomic E-state index is -1.18. The molecule has 0 unspecified atom stereocenters. The van der Waals surface area contributed by atoms with Gasteiger partial charge in [0, 0.05) is 29.2 Å². The molecule has 0 bridgehead atoms. The van der Waals surface area contributed by atoms with Crippen LogP contribution in [0.4, 0.5) is 0 Å². The monoisotopic (exact) mass is 318 g/mol. The summed E-state index contributed by atoms with van der Waals surface area (Å²) in [7, 11) is 0. The molecule has 5 heteroatoms. The van der Waals surface area contributed by atoms with Crippen LogP contribution < -0.4 is 5.11 Å². The Kier molecular flexibility index (Phi) is 3.62. The van der Waals surface area contributed by atoms with Crippen LogP contribution in [0.5, 0.6) is 0 Å². The van der Waals surface area contributed by atoms with Crippen molar-refractivity contribution in [3.8, 4) is 0 Å². The summed E-state index contributed by atoms with van der Waals surface area (Å²) in [5.41, 5.74) is 1.96. The number of hydrogen-bond acceptors (Lipinski definition) is 2. The third kappa shape index (κ3) is 2.62. The van der Waals surface area contributed by atoms with Gasteiger partial charge in [-0.2, -0.15) is 0 Å².